The van der Waals surface area contributed by atoms with E-state index >= 15 is 0 Å². The van der Waals surface area contributed by atoms with Crippen LogP contribution in [0.4, 0.5) is 0 Å². The summed E-state index contributed by atoms with van der Waals surface area (Å²) in [6.45, 7) is 2.15. The molecule has 0 radical (unpaired) electrons. The molecule has 0 saturated heterocycles. The Morgan fingerprint density at radius 2 is 2.05 bits per heavy atom. The maximum Gasteiger partial charge on any atom is 0.138 e. The van der Waals surface area contributed by atoms with Gasteiger partial charge < -0.3 is 4.98 Å². The van der Waals surface area contributed by atoms with Gasteiger partial charge in [-0.25, -0.2) is 4.98 Å². The maximum atomic E-state index is 6.16. The van der Waals surface area contributed by atoms with Crippen LogP contribution in [0.1, 0.15) is 12.5 Å². The van der Waals surface area contributed by atoms with Crippen molar-refractivity contribution in [1.29, 1.82) is 0 Å². The molecule has 1 aromatic heterocycles. The van der Waals surface area contributed by atoms with Gasteiger partial charge in [0, 0.05) is 9.13 Å². The molecule has 0 amide bonds. The Bertz CT molecular complexity index is 749. The molecule has 2 nitrogen and oxygen atoms in total. The van der Waals surface area contributed by atoms with E-state index in [1.165, 1.54) is 5.56 Å². The lowest BCUT2D eigenvalue weighted by Gasteiger charge is -1.99. The fraction of sp³-hybridized carbons (Fsp3) is 0.133. The van der Waals surface area contributed by atoms with Crippen LogP contribution in [0.15, 0.2) is 36.4 Å². The van der Waals surface area contributed by atoms with Gasteiger partial charge in [-0.15, -0.1) is 0 Å². The highest BCUT2D eigenvalue weighted by atomic mass is 127. The fourth-order valence-corrected chi connectivity index (χ4v) is 2.57. The average Bonchev–Trinajstić information content (AvgIpc) is 2.84. The van der Waals surface area contributed by atoms with Crippen molar-refractivity contribution in [2.24, 2.45) is 0 Å². The van der Waals surface area contributed by atoms with Gasteiger partial charge >= 0.3 is 0 Å². The van der Waals surface area contributed by atoms with Crippen LogP contribution in [0.25, 0.3) is 22.4 Å². The lowest BCUT2D eigenvalue weighted by Crippen LogP contribution is -1.82. The number of halogens is 2. The summed E-state index contributed by atoms with van der Waals surface area (Å²) in [5.74, 6) is 0.863. The van der Waals surface area contributed by atoms with Crippen LogP contribution >= 0.6 is 34.2 Å². The van der Waals surface area contributed by atoms with Crippen LogP contribution in [0, 0.1) is 3.57 Å². The summed E-state index contributed by atoms with van der Waals surface area (Å²) < 4.78 is 1.05. The summed E-state index contributed by atoms with van der Waals surface area (Å²) in [4.78, 5) is 7.97. The van der Waals surface area contributed by atoms with Gasteiger partial charge in [0.15, 0.2) is 0 Å². The second-order valence-electron chi connectivity index (χ2n) is 4.42. The largest absolute Gasteiger partial charge is 0.338 e. The van der Waals surface area contributed by atoms with E-state index in [1.54, 1.807) is 0 Å². The molecule has 0 saturated carbocycles. The second-order valence-corrected chi connectivity index (χ2v) is 5.99. The van der Waals surface area contributed by atoms with Gasteiger partial charge in [0.2, 0.25) is 0 Å². The number of nitrogens with zero attached hydrogens (tertiary/aromatic N) is 1. The first-order chi connectivity index (χ1) is 9.17. The Labute approximate surface area is 130 Å². The monoisotopic (exact) mass is 382 g/mol. The molecule has 3 aromatic rings. The Balaban J connectivity index is 2.11. The predicted molar refractivity (Wildman–Crippen MR) is 88.6 cm³/mol. The van der Waals surface area contributed by atoms with E-state index in [1.807, 2.05) is 18.2 Å². The molecule has 96 valence electrons. The molecule has 4 heteroatoms. The minimum absolute atomic E-state index is 0.757. The number of H-pyrrole nitrogens is 1. The third-order valence-electron chi connectivity index (χ3n) is 3.15. The van der Waals surface area contributed by atoms with Crippen molar-refractivity contribution in [2.45, 2.75) is 13.3 Å². The van der Waals surface area contributed by atoms with Crippen molar-refractivity contribution in [3.05, 3.63) is 50.6 Å². The maximum absolute atomic E-state index is 6.16. The Hall–Kier alpha value is -1.07. The minimum Gasteiger partial charge on any atom is -0.338 e. The number of aromatic nitrogens is 2. The van der Waals surface area contributed by atoms with Crippen LogP contribution in [0.5, 0.6) is 0 Å². The van der Waals surface area contributed by atoms with Crippen LogP contribution in [-0.2, 0) is 6.42 Å². The van der Waals surface area contributed by atoms with Crippen molar-refractivity contribution in [2.75, 3.05) is 0 Å². The first-order valence-corrected chi connectivity index (χ1v) is 7.57. The highest BCUT2D eigenvalue weighted by molar-refractivity contribution is 14.1. The molecular weight excluding hydrogens is 371 g/mol. The summed E-state index contributed by atoms with van der Waals surface area (Å²) in [5.41, 5.74) is 4.38. The Morgan fingerprint density at radius 3 is 2.79 bits per heavy atom. The van der Waals surface area contributed by atoms with E-state index in [0.717, 1.165) is 37.4 Å². The minimum atomic E-state index is 0.757. The smallest absolute Gasteiger partial charge is 0.138 e. The Morgan fingerprint density at radius 1 is 1.21 bits per heavy atom. The highest BCUT2D eigenvalue weighted by Gasteiger charge is 2.07. The summed E-state index contributed by atoms with van der Waals surface area (Å²) in [5, 5.41) is 0.757. The zero-order valence-corrected chi connectivity index (χ0v) is 13.3. The predicted octanol–water partition coefficient (Wildman–Crippen LogP) is 5.05. The zero-order chi connectivity index (χ0) is 13.4. The number of hydrogen-bond acceptors (Lipinski definition) is 1. The second kappa shape index (κ2) is 5.13. The molecule has 3 rings (SSSR count). The van der Waals surface area contributed by atoms with Crippen molar-refractivity contribution < 1.29 is 0 Å². The van der Waals surface area contributed by atoms with Crippen LogP contribution < -0.4 is 0 Å². The number of benzene rings is 2. The highest BCUT2D eigenvalue weighted by Crippen LogP contribution is 2.26. The number of nitrogens with one attached hydrogen (secondary N) is 1. The topological polar surface area (TPSA) is 28.7 Å². The van der Waals surface area contributed by atoms with Crippen LogP contribution in [0.3, 0.4) is 0 Å². The first-order valence-electron chi connectivity index (χ1n) is 6.11. The summed E-state index contributed by atoms with van der Waals surface area (Å²) >= 11 is 8.38. The van der Waals surface area contributed by atoms with E-state index < -0.39 is 0 Å². The number of rotatable bonds is 2. The quantitative estimate of drug-likeness (QED) is 0.617. The molecule has 0 aliphatic heterocycles. The molecule has 1 heterocycles. The third-order valence-corrected chi connectivity index (χ3v) is 4.72. The molecule has 0 aliphatic rings. The van der Waals surface area contributed by atoms with Gasteiger partial charge in [-0.05, 0) is 58.8 Å². The van der Waals surface area contributed by atoms with Crippen molar-refractivity contribution in [1.82, 2.24) is 9.97 Å². The molecule has 0 atom stereocenters. The van der Waals surface area contributed by atoms with Gasteiger partial charge in [0.25, 0.3) is 0 Å². The van der Waals surface area contributed by atoms with E-state index in [2.05, 4.69) is 57.7 Å². The molecule has 0 unspecified atom stereocenters. The number of aromatic amines is 1. The number of imidazole rings is 1. The number of aryl methyl sites for hydroxylation is 1. The summed E-state index contributed by atoms with van der Waals surface area (Å²) in [7, 11) is 0. The SMILES string of the molecule is CCc1ccc2nc(-c3ccc(I)c(Cl)c3)[nH]c2c1. The fourth-order valence-electron chi connectivity index (χ4n) is 2.06. The third kappa shape index (κ3) is 2.49. The lowest BCUT2D eigenvalue weighted by molar-refractivity contribution is 1.14. The van der Waals surface area contributed by atoms with Gasteiger partial charge in [-0.2, -0.15) is 0 Å². The van der Waals surface area contributed by atoms with Gasteiger partial charge in [0.05, 0.1) is 16.1 Å². The van der Waals surface area contributed by atoms with E-state index in [9.17, 15) is 0 Å². The molecule has 0 bridgehead atoms. The number of hydrogen-bond donors (Lipinski definition) is 1. The van der Waals surface area contributed by atoms with Gasteiger partial charge in [0.1, 0.15) is 5.82 Å². The molecule has 1 N–H and O–H groups in total. The van der Waals surface area contributed by atoms with Crippen molar-refractivity contribution in [3.8, 4) is 11.4 Å². The average molecular weight is 383 g/mol. The Kier molecular flexibility index (Phi) is 3.50. The van der Waals surface area contributed by atoms with Crippen LogP contribution in [0.2, 0.25) is 5.02 Å². The standard InChI is InChI=1S/C15H12ClIN2/c1-2-9-3-6-13-14(7-9)19-15(18-13)10-4-5-12(17)11(16)8-10/h3-8H,2H2,1H3,(H,18,19). The van der Waals surface area contributed by atoms with Crippen LogP contribution in [-0.4, -0.2) is 9.97 Å². The molecule has 0 spiro atoms. The first kappa shape index (κ1) is 12.9. The molecule has 0 aliphatic carbocycles. The van der Waals surface area contributed by atoms with Gasteiger partial charge in [-0.3, -0.25) is 0 Å². The van der Waals surface area contributed by atoms with Gasteiger partial charge in [-0.1, -0.05) is 30.7 Å². The number of fused-ring (bicyclic) bond motifs is 1. The van der Waals surface area contributed by atoms with Crippen molar-refractivity contribution in [3.63, 3.8) is 0 Å². The van der Waals surface area contributed by atoms with E-state index in [4.69, 9.17) is 11.6 Å². The summed E-state index contributed by atoms with van der Waals surface area (Å²) in [6.07, 6.45) is 1.03. The molecule has 19 heavy (non-hydrogen) atoms. The normalized spacial score (nSPS) is 11.1. The molecule has 2 aromatic carbocycles. The van der Waals surface area contributed by atoms with E-state index in [-0.39, 0.29) is 0 Å². The molecular formula is C15H12ClIN2. The zero-order valence-electron chi connectivity index (χ0n) is 10.4. The van der Waals surface area contributed by atoms with E-state index in [0.29, 0.717) is 0 Å². The summed E-state index contributed by atoms with van der Waals surface area (Å²) in [6, 6.07) is 12.3. The molecule has 0 fully saturated rings. The van der Waals surface area contributed by atoms with Crippen molar-refractivity contribution >= 4 is 45.2 Å². The lowest BCUT2D eigenvalue weighted by atomic mass is 10.1.